The maximum absolute atomic E-state index is 13.1. The molecule has 0 bridgehead atoms. The lowest BCUT2D eigenvalue weighted by atomic mass is 9.85. The highest BCUT2D eigenvalue weighted by atomic mass is 16.5. The third kappa shape index (κ3) is 4.19. The highest BCUT2D eigenvalue weighted by Crippen LogP contribution is 2.29. The maximum Gasteiger partial charge on any atom is 0.328 e. The Labute approximate surface area is 143 Å². The zero-order chi connectivity index (χ0) is 18.1. The van der Waals surface area contributed by atoms with Gasteiger partial charge >= 0.3 is 12.0 Å². The van der Waals surface area contributed by atoms with Crippen molar-refractivity contribution in [2.45, 2.75) is 65.1 Å². The number of amides is 3. The Balaban J connectivity index is 2.14. The van der Waals surface area contributed by atoms with E-state index >= 15 is 0 Å². The van der Waals surface area contributed by atoms with Crippen LogP contribution in [0.15, 0.2) is 0 Å². The normalized spacial score (nSPS) is 25.1. The number of methoxy groups -OCH3 is 1. The molecule has 3 amide bonds. The van der Waals surface area contributed by atoms with Crippen molar-refractivity contribution < 1.29 is 19.1 Å². The molecule has 0 unspecified atom stereocenters. The molecule has 2 fully saturated rings. The number of hydrogen-bond donors (Lipinski definition) is 2. The van der Waals surface area contributed by atoms with Gasteiger partial charge in [-0.15, -0.1) is 0 Å². The molecule has 0 radical (unpaired) electrons. The summed E-state index contributed by atoms with van der Waals surface area (Å²) in [5.74, 6) is -0.584. The van der Waals surface area contributed by atoms with Crippen LogP contribution in [0.1, 0.15) is 47.0 Å². The van der Waals surface area contributed by atoms with E-state index in [-0.39, 0.29) is 23.9 Å². The summed E-state index contributed by atoms with van der Waals surface area (Å²) < 4.78 is 4.86. The van der Waals surface area contributed by atoms with E-state index in [1.165, 1.54) is 7.11 Å². The second-order valence-corrected chi connectivity index (χ2v) is 7.96. The van der Waals surface area contributed by atoms with Crippen LogP contribution in [0.5, 0.6) is 0 Å². The highest BCUT2D eigenvalue weighted by Gasteiger charge is 2.45. The molecule has 1 saturated heterocycles. The summed E-state index contributed by atoms with van der Waals surface area (Å²) in [6.45, 7) is 8.14. The molecule has 0 spiro atoms. The van der Waals surface area contributed by atoms with E-state index in [1.54, 1.807) is 4.90 Å². The molecule has 7 nitrogen and oxygen atoms in total. The smallest absolute Gasteiger partial charge is 0.328 e. The Hall–Kier alpha value is -1.79. The first-order valence-corrected chi connectivity index (χ1v) is 8.60. The van der Waals surface area contributed by atoms with E-state index in [1.807, 2.05) is 27.7 Å². The molecule has 1 heterocycles. The van der Waals surface area contributed by atoms with Crippen molar-refractivity contribution in [2.24, 2.45) is 11.3 Å². The predicted molar refractivity (Wildman–Crippen MR) is 89.2 cm³/mol. The zero-order valence-corrected chi connectivity index (χ0v) is 15.2. The number of ether oxygens (including phenoxy) is 1. The maximum atomic E-state index is 13.1. The largest absolute Gasteiger partial charge is 0.467 e. The van der Waals surface area contributed by atoms with Crippen LogP contribution in [0, 0.1) is 11.3 Å². The molecule has 1 aliphatic carbocycles. The molecular weight excluding hydrogens is 310 g/mol. The number of carbonyl (C=O) groups excluding carboxylic acids is 3. The standard InChI is InChI=1S/C17H29N3O4/c1-10-8-9-20(12(10)15(22)24-5)14(21)13(17(2,3)4)19-16(23)18-11-6-7-11/h10-13H,6-9H2,1-5H3,(H2,18,19,23)/t10-,12-,13+/m0/s1. The van der Waals surface area contributed by atoms with Gasteiger partial charge in [-0.1, -0.05) is 27.7 Å². The summed E-state index contributed by atoms with van der Waals surface area (Å²) in [7, 11) is 1.33. The van der Waals surface area contributed by atoms with Gasteiger partial charge in [-0.25, -0.2) is 9.59 Å². The fraction of sp³-hybridized carbons (Fsp3) is 0.824. The van der Waals surface area contributed by atoms with Gasteiger partial charge in [-0.2, -0.15) is 0 Å². The molecule has 136 valence electrons. The first-order valence-electron chi connectivity index (χ1n) is 8.60. The molecule has 2 aliphatic rings. The monoisotopic (exact) mass is 339 g/mol. The van der Waals surface area contributed by atoms with Crippen LogP contribution < -0.4 is 10.6 Å². The molecular formula is C17H29N3O4. The number of carbonyl (C=O) groups is 3. The zero-order valence-electron chi connectivity index (χ0n) is 15.2. The Kier molecular flexibility index (Phi) is 5.40. The summed E-state index contributed by atoms with van der Waals surface area (Å²) in [5.41, 5.74) is -0.468. The van der Waals surface area contributed by atoms with Gasteiger partial charge in [0.05, 0.1) is 7.11 Å². The molecule has 0 aromatic heterocycles. The van der Waals surface area contributed by atoms with E-state index in [0.29, 0.717) is 6.54 Å². The van der Waals surface area contributed by atoms with Gasteiger partial charge in [0.15, 0.2) is 0 Å². The van der Waals surface area contributed by atoms with Gasteiger partial charge in [0, 0.05) is 12.6 Å². The number of nitrogens with one attached hydrogen (secondary N) is 2. The lowest BCUT2D eigenvalue weighted by Gasteiger charge is -2.35. The van der Waals surface area contributed by atoms with Crippen LogP contribution in [0.25, 0.3) is 0 Å². The second-order valence-electron chi connectivity index (χ2n) is 7.96. The fourth-order valence-corrected chi connectivity index (χ4v) is 3.07. The SMILES string of the molecule is COC(=O)[C@@H]1[C@@H](C)CCN1C(=O)[C@@H](NC(=O)NC1CC1)C(C)(C)C. The lowest BCUT2D eigenvalue weighted by Crippen LogP contribution is -2.58. The molecule has 1 aliphatic heterocycles. The number of likely N-dealkylation sites (tertiary alicyclic amines) is 1. The van der Waals surface area contributed by atoms with E-state index < -0.39 is 23.5 Å². The average molecular weight is 339 g/mol. The van der Waals surface area contributed by atoms with Crippen LogP contribution in [0.2, 0.25) is 0 Å². The summed E-state index contributed by atoms with van der Waals surface area (Å²) in [6.07, 6.45) is 2.71. The Morgan fingerprint density at radius 3 is 2.29 bits per heavy atom. The van der Waals surface area contributed by atoms with Crippen molar-refractivity contribution in [1.29, 1.82) is 0 Å². The third-order valence-corrected chi connectivity index (χ3v) is 4.73. The van der Waals surface area contributed by atoms with Gasteiger partial charge < -0.3 is 20.3 Å². The molecule has 2 rings (SSSR count). The molecule has 24 heavy (non-hydrogen) atoms. The van der Waals surface area contributed by atoms with Crippen LogP contribution in [0.4, 0.5) is 4.79 Å². The van der Waals surface area contributed by atoms with Crippen molar-refractivity contribution in [3.05, 3.63) is 0 Å². The van der Waals surface area contributed by atoms with E-state index in [4.69, 9.17) is 4.74 Å². The molecule has 2 N–H and O–H groups in total. The lowest BCUT2D eigenvalue weighted by molar-refractivity contribution is -0.153. The van der Waals surface area contributed by atoms with Crippen LogP contribution in [-0.2, 0) is 14.3 Å². The van der Waals surface area contributed by atoms with Crippen molar-refractivity contribution in [2.75, 3.05) is 13.7 Å². The summed E-state index contributed by atoms with van der Waals surface area (Å²) in [6, 6.07) is -1.39. The van der Waals surface area contributed by atoms with Crippen LogP contribution >= 0.6 is 0 Å². The first-order chi connectivity index (χ1) is 11.1. The van der Waals surface area contributed by atoms with Gasteiger partial charge in [-0.05, 0) is 30.6 Å². The highest BCUT2D eigenvalue weighted by molar-refractivity contribution is 5.91. The first kappa shape index (κ1) is 18.5. The summed E-state index contributed by atoms with van der Waals surface area (Å²) >= 11 is 0. The fourth-order valence-electron chi connectivity index (χ4n) is 3.07. The van der Waals surface area contributed by atoms with Crippen molar-refractivity contribution in [3.63, 3.8) is 0 Å². The number of urea groups is 1. The van der Waals surface area contributed by atoms with E-state index in [0.717, 1.165) is 19.3 Å². The average Bonchev–Trinajstić information content (AvgIpc) is 3.22. The Morgan fingerprint density at radius 1 is 1.17 bits per heavy atom. The summed E-state index contributed by atoms with van der Waals surface area (Å²) in [5, 5.41) is 5.65. The van der Waals surface area contributed by atoms with Crippen molar-refractivity contribution in [1.82, 2.24) is 15.5 Å². The Bertz CT molecular complexity index is 510. The van der Waals surface area contributed by atoms with Crippen LogP contribution in [0.3, 0.4) is 0 Å². The summed E-state index contributed by atoms with van der Waals surface area (Å²) in [4.78, 5) is 38.8. The molecule has 1 saturated carbocycles. The van der Waals surface area contributed by atoms with Gasteiger partial charge in [0.2, 0.25) is 5.91 Å². The number of esters is 1. The van der Waals surface area contributed by atoms with E-state index in [9.17, 15) is 14.4 Å². The number of hydrogen-bond acceptors (Lipinski definition) is 4. The minimum absolute atomic E-state index is 0.0438. The minimum atomic E-state index is -0.700. The van der Waals surface area contributed by atoms with Crippen molar-refractivity contribution >= 4 is 17.9 Å². The van der Waals surface area contributed by atoms with Gasteiger partial charge in [0.1, 0.15) is 12.1 Å². The molecule has 7 heteroatoms. The topological polar surface area (TPSA) is 87.7 Å². The minimum Gasteiger partial charge on any atom is -0.467 e. The number of nitrogens with zero attached hydrogens (tertiary/aromatic N) is 1. The third-order valence-electron chi connectivity index (χ3n) is 4.73. The molecule has 3 atom stereocenters. The second kappa shape index (κ2) is 6.99. The number of rotatable bonds is 4. The van der Waals surface area contributed by atoms with Gasteiger partial charge in [-0.3, -0.25) is 4.79 Å². The van der Waals surface area contributed by atoms with Crippen molar-refractivity contribution in [3.8, 4) is 0 Å². The van der Waals surface area contributed by atoms with Gasteiger partial charge in [0.25, 0.3) is 0 Å². The van der Waals surface area contributed by atoms with E-state index in [2.05, 4.69) is 10.6 Å². The quantitative estimate of drug-likeness (QED) is 0.755. The Morgan fingerprint density at radius 2 is 1.79 bits per heavy atom. The molecule has 0 aromatic rings. The predicted octanol–water partition coefficient (Wildman–Crippen LogP) is 1.27. The van der Waals surface area contributed by atoms with Crippen LogP contribution in [-0.4, -0.2) is 54.6 Å². The molecule has 0 aromatic carbocycles.